The minimum absolute atomic E-state index is 0.00665. The summed E-state index contributed by atoms with van der Waals surface area (Å²) in [5.41, 5.74) is 0.308. The molecule has 35 heavy (non-hydrogen) atoms. The molecule has 9 heteroatoms. The van der Waals surface area contributed by atoms with E-state index >= 15 is 0 Å². The van der Waals surface area contributed by atoms with Crippen LogP contribution in [0, 0.1) is 11.8 Å². The lowest BCUT2D eigenvalue weighted by Crippen LogP contribution is -2.39. The first-order valence-electron chi connectivity index (χ1n) is 11.7. The lowest BCUT2D eigenvalue weighted by atomic mass is 10.1. The Bertz CT molecular complexity index is 1340. The van der Waals surface area contributed by atoms with Crippen LogP contribution in [0.5, 0.6) is 5.75 Å². The van der Waals surface area contributed by atoms with E-state index in [1.165, 1.54) is 24.4 Å². The first kappa shape index (κ1) is 26.3. The fraction of sp³-hybridized carbons (Fsp3) is 0.385. The molecule has 1 aromatic heterocycles. The SMILES string of the molecule is CCOc1ccc(NS(=O)(=O)c2ccc3[nH]cc(C(=O)N(CC(C)C)CC(C)C)c(=O)c3c2)cc1. The summed E-state index contributed by atoms with van der Waals surface area (Å²) in [6.07, 6.45) is 1.41. The van der Waals surface area contributed by atoms with Gasteiger partial charge in [0, 0.05) is 35.9 Å². The highest BCUT2D eigenvalue weighted by Gasteiger charge is 2.23. The summed E-state index contributed by atoms with van der Waals surface area (Å²) < 4.78 is 33.9. The van der Waals surface area contributed by atoms with Gasteiger partial charge in [-0.05, 0) is 61.2 Å². The molecule has 3 aromatic rings. The number of aromatic amines is 1. The van der Waals surface area contributed by atoms with Crippen molar-refractivity contribution in [3.05, 3.63) is 64.4 Å². The lowest BCUT2D eigenvalue weighted by Gasteiger charge is -2.26. The van der Waals surface area contributed by atoms with E-state index in [-0.39, 0.29) is 33.6 Å². The number of nitrogens with one attached hydrogen (secondary N) is 2. The molecule has 0 fully saturated rings. The smallest absolute Gasteiger partial charge is 0.261 e. The number of amides is 1. The fourth-order valence-electron chi connectivity index (χ4n) is 3.82. The summed E-state index contributed by atoms with van der Waals surface area (Å²) in [5.74, 6) is 0.746. The number of sulfonamides is 1. The minimum Gasteiger partial charge on any atom is -0.494 e. The van der Waals surface area contributed by atoms with Crippen molar-refractivity contribution in [2.75, 3.05) is 24.4 Å². The summed E-state index contributed by atoms with van der Waals surface area (Å²) in [6.45, 7) is 11.5. The Kier molecular flexibility index (Phi) is 8.22. The van der Waals surface area contributed by atoms with E-state index in [1.54, 1.807) is 29.2 Å². The Morgan fingerprint density at radius 1 is 1.03 bits per heavy atom. The molecule has 0 bridgehead atoms. The van der Waals surface area contributed by atoms with Crippen molar-refractivity contribution in [3.8, 4) is 5.75 Å². The van der Waals surface area contributed by atoms with E-state index in [9.17, 15) is 18.0 Å². The largest absolute Gasteiger partial charge is 0.494 e. The number of hydrogen-bond acceptors (Lipinski definition) is 5. The van der Waals surface area contributed by atoms with Crippen molar-refractivity contribution in [1.82, 2.24) is 9.88 Å². The van der Waals surface area contributed by atoms with Crippen LogP contribution in [0.3, 0.4) is 0 Å². The number of carbonyl (C=O) groups is 1. The van der Waals surface area contributed by atoms with Gasteiger partial charge >= 0.3 is 0 Å². The average molecular weight is 500 g/mol. The van der Waals surface area contributed by atoms with E-state index in [4.69, 9.17) is 4.74 Å². The molecule has 0 aliphatic carbocycles. The number of H-pyrrole nitrogens is 1. The van der Waals surface area contributed by atoms with E-state index in [0.29, 0.717) is 36.6 Å². The number of aromatic nitrogens is 1. The van der Waals surface area contributed by atoms with Crippen molar-refractivity contribution in [2.24, 2.45) is 11.8 Å². The van der Waals surface area contributed by atoms with Crippen molar-refractivity contribution < 1.29 is 17.9 Å². The highest BCUT2D eigenvalue weighted by molar-refractivity contribution is 7.92. The second kappa shape index (κ2) is 10.9. The molecule has 0 atom stereocenters. The van der Waals surface area contributed by atoms with Gasteiger partial charge in [-0.2, -0.15) is 0 Å². The monoisotopic (exact) mass is 499 g/mol. The van der Waals surface area contributed by atoms with E-state index in [0.717, 1.165) is 0 Å². The minimum atomic E-state index is -3.97. The Morgan fingerprint density at radius 3 is 2.23 bits per heavy atom. The zero-order valence-electron chi connectivity index (χ0n) is 20.8. The van der Waals surface area contributed by atoms with Crippen LogP contribution in [0.15, 0.2) is 58.4 Å². The Morgan fingerprint density at radius 2 is 1.66 bits per heavy atom. The summed E-state index contributed by atoms with van der Waals surface area (Å²) in [4.78, 5) is 31.1. The number of benzene rings is 2. The predicted octanol–water partition coefficient (Wildman–Crippen LogP) is 4.48. The molecule has 0 aliphatic heterocycles. The fourth-order valence-corrected chi connectivity index (χ4v) is 4.90. The second-order valence-corrected chi connectivity index (χ2v) is 11.0. The van der Waals surface area contributed by atoms with Crippen LogP contribution in [-0.2, 0) is 10.0 Å². The van der Waals surface area contributed by atoms with Gasteiger partial charge in [-0.3, -0.25) is 14.3 Å². The first-order valence-corrected chi connectivity index (χ1v) is 13.2. The second-order valence-electron chi connectivity index (χ2n) is 9.30. The van der Waals surface area contributed by atoms with Crippen LogP contribution in [0.2, 0.25) is 0 Å². The number of pyridine rings is 1. The van der Waals surface area contributed by atoms with Crippen LogP contribution in [0.1, 0.15) is 45.0 Å². The molecule has 0 radical (unpaired) electrons. The molecule has 1 amide bonds. The molecule has 1 heterocycles. The van der Waals surface area contributed by atoms with Gasteiger partial charge in [0.2, 0.25) is 5.43 Å². The van der Waals surface area contributed by atoms with Crippen molar-refractivity contribution in [3.63, 3.8) is 0 Å². The third-order valence-electron chi connectivity index (χ3n) is 5.27. The van der Waals surface area contributed by atoms with Crippen LogP contribution in [0.25, 0.3) is 10.9 Å². The number of hydrogen-bond donors (Lipinski definition) is 2. The molecule has 2 N–H and O–H groups in total. The number of carbonyl (C=O) groups excluding carboxylic acids is 1. The molecule has 0 spiro atoms. The van der Waals surface area contributed by atoms with Crippen LogP contribution >= 0.6 is 0 Å². The number of ether oxygens (including phenoxy) is 1. The third-order valence-corrected chi connectivity index (χ3v) is 6.65. The van der Waals surface area contributed by atoms with E-state index < -0.39 is 15.5 Å². The Balaban J connectivity index is 1.96. The van der Waals surface area contributed by atoms with Gasteiger partial charge < -0.3 is 14.6 Å². The van der Waals surface area contributed by atoms with Crippen LogP contribution in [0.4, 0.5) is 5.69 Å². The number of nitrogens with zero attached hydrogens (tertiary/aromatic N) is 1. The highest BCUT2D eigenvalue weighted by atomic mass is 32.2. The topological polar surface area (TPSA) is 109 Å². The zero-order valence-corrected chi connectivity index (χ0v) is 21.6. The van der Waals surface area contributed by atoms with E-state index in [2.05, 4.69) is 9.71 Å². The lowest BCUT2D eigenvalue weighted by molar-refractivity contribution is 0.0713. The number of fused-ring (bicyclic) bond motifs is 1. The summed E-state index contributed by atoms with van der Waals surface area (Å²) >= 11 is 0. The van der Waals surface area contributed by atoms with Gasteiger partial charge in [-0.25, -0.2) is 8.42 Å². The highest BCUT2D eigenvalue weighted by Crippen LogP contribution is 2.22. The van der Waals surface area contributed by atoms with Gasteiger partial charge in [0.1, 0.15) is 11.3 Å². The maximum atomic E-state index is 13.3. The third kappa shape index (κ3) is 6.42. The van der Waals surface area contributed by atoms with Crippen molar-refractivity contribution in [1.29, 1.82) is 0 Å². The Labute approximate surface area is 206 Å². The molecule has 0 saturated carbocycles. The summed E-state index contributed by atoms with van der Waals surface area (Å²) in [5, 5.41) is 0.138. The average Bonchev–Trinajstić information content (AvgIpc) is 2.79. The normalized spacial score (nSPS) is 11.7. The van der Waals surface area contributed by atoms with Crippen LogP contribution in [-0.4, -0.2) is 43.9 Å². The predicted molar refractivity (Wildman–Crippen MR) is 139 cm³/mol. The van der Waals surface area contributed by atoms with Gasteiger partial charge in [-0.15, -0.1) is 0 Å². The zero-order chi connectivity index (χ0) is 25.8. The number of rotatable bonds is 10. The maximum absolute atomic E-state index is 13.3. The van der Waals surface area contributed by atoms with Crippen molar-refractivity contribution in [2.45, 2.75) is 39.5 Å². The van der Waals surface area contributed by atoms with Crippen LogP contribution < -0.4 is 14.9 Å². The molecule has 0 unspecified atom stereocenters. The first-order chi connectivity index (χ1) is 16.5. The quantitative estimate of drug-likeness (QED) is 0.427. The molecular formula is C26H33N3O5S. The summed E-state index contributed by atoms with van der Waals surface area (Å²) in [6, 6.07) is 10.8. The Hall–Kier alpha value is -3.33. The molecule has 188 valence electrons. The molecule has 0 saturated heterocycles. The van der Waals surface area contributed by atoms with Gasteiger partial charge in [0.25, 0.3) is 15.9 Å². The number of anilines is 1. The van der Waals surface area contributed by atoms with Gasteiger partial charge in [0.05, 0.1) is 11.5 Å². The standard InChI is InChI=1S/C26H33N3O5S/c1-6-34-20-9-7-19(8-10-20)28-35(32,33)21-11-12-24-22(13-21)25(30)23(14-27-24)26(31)29(15-17(2)3)16-18(4)5/h7-14,17-18,28H,6,15-16H2,1-5H3,(H,27,30). The molecular weight excluding hydrogens is 466 g/mol. The maximum Gasteiger partial charge on any atom is 0.261 e. The molecule has 2 aromatic carbocycles. The molecule has 8 nitrogen and oxygen atoms in total. The summed E-state index contributed by atoms with van der Waals surface area (Å²) in [7, 11) is -3.97. The van der Waals surface area contributed by atoms with Crippen molar-refractivity contribution >= 4 is 32.5 Å². The van der Waals surface area contributed by atoms with Gasteiger partial charge in [-0.1, -0.05) is 27.7 Å². The van der Waals surface area contributed by atoms with E-state index in [1.807, 2.05) is 34.6 Å². The molecule has 3 rings (SSSR count). The molecule has 0 aliphatic rings. The van der Waals surface area contributed by atoms with Gasteiger partial charge in [0.15, 0.2) is 0 Å².